The second-order valence-corrected chi connectivity index (χ2v) is 4.50. The minimum Gasteiger partial charge on any atom is -0.306 e. The zero-order valence-corrected chi connectivity index (χ0v) is 9.53. The van der Waals surface area contributed by atoms with Crippen molar-refractivity contribution in [2.24, 2.45) is 5.92 Å². The lowest BCUT2D eigenvalue weighted by molar-refractivity contribution is 0.138. The van der Waals surface area contributed by atoms with Crippen molar-refractivity contribution in [3.8, 4) is 6.07 Å². The molecule has 0 aromatic heterocycles. The van der Waals surface area contributed by atoms with Crippen molar-refractivity contribution in [1.82, 2.24) is 9.80 Å². The third-order valence-corrected chi connectivity index (χ3v) is 3.09. The van der Waals surface area contributed by atoms with Crippen molar-refractivity contribution in [2.45, 2.75) is 25.8 Å². The van der Waals surface area contributed by atoms with Gasteiger partial charge in [-0.05, 0) is 47.0 Å². The van der Waals surface area contributed by atoms with Crippen LogP contribution < -0.4 is 0 Å². The maximum absolute atomic E-state index is 8.74. The number of hydrogen-bond donors (Lipinski definition) is 0. The number of piperidine rings is 1. The molecule has 0 amide bonds. The minimum absolute atomic E-state index is 0.152. The molecule has 1 aliphatic heterocycles. The molecule has 1 fully saturated rings. The minimum atomic E-state index is 0.152. The normalized spacial score (nSPS) is 22.2. The van der Waals surface area contributed by atoms with Gasteiger partial charge in [-0.1, -0.05) is 0 Å². The number of nitrogens with zero attached hydrogens (tertiary/aromatic N) is 3. The number of hydrogen-bond acceptors (Lipinski definition) is 3. The Balaban J connectivity index is 2.31. The van der Waals surface area contributed by atoms with E-state index in [9.17, 15) is 0 Å². The topological polar surface area (TPSA) is 30.3 Å². The first-order chi connectivity index (χ1) is 6.63. The highest BCUT2D eigenvalue weighted by Gasteiger charge is 2.21. The molecule has 1 saturated heterocycles. The third-order valence-electron chi connectivity index (χ3n) is 3.09. The first-order valence-electron chi connectivity index (χ1n) is 5.42. The van der Waals surface area contributed by atoms with E-state index in [4.69, 9.17) is 5.26 Å². The molecule has 1 unspecified atom stereocenters. The van der Waals surface area contributed by atoms with Crippen molar-refractivity contribution in [1.29, 1.82) is 5.26 Å². The van der Waals surface area contributed by atoms with Gasteiger partial charge in [0.05, 0.1) is 12.0 Å². The molecule has 3 heteroatoms. The SMILES string of the molecule is CC(C#N)CN(C)C1CCN(C)CC1. The van der Waals surface area contributed by atoms with Crippen LogP contribution in [0.25, 0.3) is 0 Å². The highest BCUT2D eigenvalue weighted by Crippen LogP contribution is 2.14. The fraction of sp³-hybridized carbons (Fsp3) is 0.909. The number of rotatable bonds is 3. The molecule has 0 bridgehead atoms. The monoisotopic (exact) mass is 195 g/mol. The summed E-state index contributed by atoms with van der Waals surface area (Å²) in [4.78, 5) is 4.72. The van der Waals surface area contributed by atoms with E-state index in [-0.39, 0.29) is 5.92 Å². The zero-order chi connectivity index (χ0) is 10.6. The highest BCUT2D eigenvalue weighted by atomic mass is 15.2. The Morgan fingerprint density at radius 3 is 2.57 bits per heavy atom. The van der Waals surface area contributed by atoms with Gasteiger partial charge in [-0.15, -0.1) is 0 Å². The van der Waals surface area contributed by atoms with Crippen molar-refractivity contribution < 1.29 is 0 Å². The smallest absolute Gasteiger partial charge is 0.0666 e. The van der Waals surface area contributed by atoms with Crippen LogP contribution in [0, 0.1) is 17.2 Å². The van der Waals surface area contributed by atoms with Crippen molar-refractivity contribution in [3.05, 3.63) is 0 Å². The second kappa shape index (κ2) is 5.33. The summed E-state index contributed by atoms with van der Waals surface area (Å²) in [6.45, 7) is 5.28. The van der Waals surface area contributed by atoms with Crippen molar-refractivity contribution in [3.63, 3.8) is 0 Å². The summed E-state index contributed by atoms with van der Waals surface area (Å²) in [5, 5.41) is 8.74. The van der Waals surface area contributed by atoms with Gasteiger partial charge in [0.1, 0.15) is 0 Å². The summed E-state index contributed by atoms with van der Waals surface area (Å²) in [6, 6.07) is 2.97. The molecule has 0 aliphatic carbocycles. The molecule has 0 saturated carbocycles. The van der Waals surface area contributed by atoms with Crippen LogP contribution in [-0.2, 0) is 0 Å². The van der Waals surface area contributed by atoms with E-state index in [0.717, 1.165) is 6.54 Å². The quantitative estimate of drug-likeness (QED) is 0.677. The van der Waals surface area contributed by atoms with Gasteiger partial charge in [0.2, 0.25) is 0 Å². The van der Waals surface area contributed by atoms with Crippen molar-refractivity contribution in [2.75, 3.05) is 33.7 Å². The Kier molecular flexibility index (Phi) is 4.37. The van der Waals surface area contributed by atoms with Crippen LogP contribution in [0.15, 0.2) is 0 Å². The molecular weight excluding hydrogens is 174 g/mol. The fourth-order valence-electron chi connectivity index (χ4n) is 2.06. The van der Waals surface area contributed by atoms with E-state index >= 15 is 0 Å². The Labute approximate surface area is 87.3 Å². The van der Waals surface area contributed by atoms with E-state index in [1.54, 1.807) is 0 Å². The lowest BCUT2D eigenvalue weighted by Gasteiger charge is -2.35. The summed E-state index contributed by atoms with van der Waals surface area (Å²) in [7, 11) is 4.32. The van der Waals surface area contributed by atoms with Crippen LogP contribution in [0.5, 0.6) is 0 Å². The fourth-order valence-corrected chi connectivity index (χ4v) is 2.06. The third kappa shape index (κ3) is 3.28. The van der Waals surface area contributed by atoms with E-state index in [1.165, 1.54) is 25.9 Å². The zero-order valence-electron chi connectivity index (χ0n) is 9.53. The van der Waals surface area contributed by atoms with Crippen LogP contribution in [-0.4, -0.2) is 49.6 Å². The van der Waals surface area contributed by atoms with Crippen LogP contribution in [0.2, 0.25) is 0 Å². The molecule has 0 spiro atoms. The molecule has 80 valence electrons. The summed E-state index contributed by atoms with van der Waals surface area (Å²) < 4.78 is 0. The number of nitriles is 1. The van der Waals surface area contributed by atoms with Crippen molar-refractivity contribution >= 4 is 0 Å². The molecule has 1 rings (SSSR count). The molecule has 3 nitrogen and oxygen atoms in total. The largest absolute Gasteiger partial charge is 0.306 e. The molecule has 14 heavy (non-hydrogen) atoms. The molecular formula is C11H21N3. The van der Waals surface area contributed by atoms with Gasteiger partial charge in [-0.3, -0.25) is 0 Å². The molecule has 1 atom stereocenters. The Bertz CT molecular complexity index is 201. The van der Waals surface area contributed by atoms with E-state index in [1.807, 2.05) is 6.92 Å². The molecule has 0 aromatic rings. The predicted octanol–water partition coefficient (Wildman–Crippen LogP) is 1.17. The molecule has 0 aromatic carbocycles. The van der Waals surface area contributed by atoms with Gasteiger partial charge < -0.3 is 9.80 Å². The van der Waals surface area contributed by atoms with E-state index in [0.29, 0.717) is 6.04 Å². The molecule has 1 heterocycles. The Hall–Kier alpha value is -0.590. The predicted molar refractivity (Wildman–Crippen MR) is 57.9 cm³/mol. The highest BCUT2D eigenvalue weighted by molar-refractivity contribution is 4.84. The number of likely N-dealkylation sites (tertiary alicyclic amines) is 1. The standard InChI is InChI=1S/C11H21N3/c1-10(8-12)9-14(3)11-4-6-13(2)7-5-11/h10-11H,4-7,9H2,1-3H3. The first kappa shape index (κ1) is 11.5. The lowest BCUT2D eigenvalue weighted by Crippen LogP contribution is -2.43. The van der Waals surface area contributed by atoms with Crippen LogP contribution in [0.1, 0.15) is 19.8 Å². The van der Waals surface area contributed by atoms with Gasteiger partial charge in [-0.2, -0.15) is 5.26 Å². The van der Waals surface area contributed by atoms with Crippen LogP contribution in [0.4, 0.5) is 0 Å². The summed E-state index contributed by atoms with van der Waals surface area (Å²) in [5.74, 6) is 0.152. The molecule has 1 aliphatic rings. The first-order valence-corrected chi connectivity index (χ1v) is 5.42. The van der Waals surface area contributed by atoms with Gasteiger partial charge >= 0.3 is 0 Å². The van der Waals surface area contributed by atoms with Gasteiger partial charge in [0, 0.05) is 12.6 Å². The lowest BCUT2D eigenvalue weighted by atomic mass is 10.0. The maximum Gasteiger partial charge on any atom is 0.0666 e. The summed E-state index contributed by atoms with van der Waals surface area (Å²) in [5.41, 5.74) is 0. The van der Waals surface area contributed by atoms with Crippen LogP contribution >= 0.6 is 0 Å². The Morgan fingerprint density at radius 1 is 1.50 bits per heavy atom. The van der Waals surface area contributed by atoms with E-state index in [2.05, 4.69) is 30.0 Å². The molecule has 0 N–H and O–H groups in total. The van der Waals surface area contributed by atoms with Crippen LogP contribution in [0.3, 0.4) is 0 Å². The summed E-state index contributed by atoms with van der Waals surface area (Å²) >= 11 is 0. The average Bonchev–Trinajstić information content (AvgIpc) is 2.18. The van der Waals surface area contributed by atoms with E-state index < -0.39 is 0 Å². The van der Waals surface area contributed by atoms with Gasteiger partial charge in [0.15, 0.2) is 0 Å². The van der Waals surface area contributed by atoms with Gasteiger partial charge in [0.25, 0.3) is 0 Å². The molecule has 0 radical (unpaired) electrons. The van der Waals surface area contributed by atoms with Gasteiger partial charge in [-0.25, -0.2) is 0 Å². The average molecular weight is 195 g/mol. The summed E-state index contributed by atoms with van der Waals surface area (Å²) in [6.07, 6.45) is 2.48. The Morgan fingerprint density at radius 2 is 2.07 bits per heavy atom. The maximum atomic E-state index is 8.74. The second-order valence-electron chi connectivity index (χ2n) is 4.50.